The molecule has 29 heavy (non-hydrogen) atoms. The fourth-order valence-electron chi connectivity index (χ4n) is 3.27. The highest BCUT2D eigenvalue weighted by Gasteiger charge is 2.34. The maximum Gasteiger partial charge on any atom is 0.415 e. The number of cyclic esters (lactones) is 1. The molecule has 148 valence electrons. The van der Waals surface area contributed by atoms with Gasteiger partial charge in [0.15, 0.2) is 0 Å². The molecule has 1 unspecified atom stereocenters. The standard InChI is InChI=1S/C21H20ClN5O2/c1-2-4-17-13-29-21(28)27(17)19-11-14(7-9-23-19)18-8-10-24-20(26-18)25-16-6-3-5-15(22)12-16/h3,5-12,17H,2,4,13H2,1H3,(H,24,25,26). The number of pyridine rings is 1. The van der Waals surface area contributed by atoms with E-state index in [1.807, 2.05) is 30.3 Å². The van der Waals surface area contributed by atoms with Crippen molar-refractivity contribution in [2.24, 2.45) is 0 Å². The first-order valence-corrected chi connectivity index (χ1v) is 9.80. The Morgan fingerprint density at radius 1 is 1.21 bits per heavy atom. The molecule has 0 saturated carbocycles. The Morgan fingerprint density at radius 2 is 2.07 bits per heavy atom. The van der Waals surface area contributed by atoms with Gasteiger partial charge in [0.1, 0.15) is 12.4 Å². The number of ether oxygens (including phenoxy) is 1. The Hall–Kier alpha value is -3.19. The lowest BCUT2D eigenvalue weighted by molar-refractivity contribution is 0.178. The molecular weight excluding hydrogens is 390 g/mol. The van der Waals surface area contributed by atoms with Gasteiger partial charge in [0.05, 0.1) is 11.7 Å². The summed E-state index contributed by atoms with van der Waals surface area (Å²) in [6, 6.07) is 12.9. The van der Waals surface area contributed by atoms with Gasteiger partial charge >= 0.3 is 6.09 Å². The Labute approximate surface area is 173 Å². The van der Waals surface area contributed by atoms with Gasteiger partial charge < -0.3 is 10.1 Å². The van der Waals surface area contributed by atoms with E-state index in [-0.39, 0.29) is 12.1 Å². The van der Waals surface area contributed by atoms with Crippen molar-refractivity contribution >= 4 is 35.1 Å². The topological polar surface area (TPSA) is 80.2 Å². The first kappa shape index (κ1) is 19.1. The summed E-state index contributed by atoms with van der Waals surface area (Å²) < 4.78 is 5.23. The van der Waals surface area contributed by atoms with E-state index in [2.05, 4.69) is 27.2 Å². The van der Waals surface area contributed by atoms with Crippen LogP contribution in [0.4, 0.5) is 22.2 Å². The zero-order chi connectivity index (χ0) is 20.2. The average Bonchev–Trinajstić information content (AvgIpc) is 3.09. The molecule has 1 amide bonds. The molecule has 0 bridgehead atoms. The lowest BCUT2D eigenvalue weighted by atomic mass is 10.1. The maximum absolute atomic E-state index is 12.2. The molecule has 0 aliphatic carbocycles. The van der Waals surface area contributed by atoms with Gasteiger partial charge in [-0.05, 0) is 42.8 Å². The zero-order valence-corrected chi connectivity index (χ0v) is 16.6. The highest BCUT2D eigenvalue weighted by molar-refractivity contribution is 6.30. The first-order chi connectivity index (χ1) is 14.1. The third-order valence-electron chi connectivity index (χ3n) is 4.61. The summed E-state index contributed by atoms with van der Waals surface area (Å²) in [5.74, 6) is 1.01. The third kappa shape index (κ3) is 4.30. The molecule has 4 rings (SSSR count). The predicted molar refractivity (Wildman–Crippen MR) is 113 cm³/mol. The van der Waals surface area contributed by atoms with E-state index in [9.17, 15) is 4.79 Å². The van der Waals surface area contributed by atoms with Gasteiger partial charge in [-0.3, -0.25) is 4.90 Å². The van der Waals surface area contributed by atoms with Crippen molar-refractivity contribution < 1.29 is 9.53 Å². The van der Waals surface area contributed by atoms with E-state index < -0.39 is 0 Å². The number of anilines is 3. The number of rotatable bonds is 6. The number of halogens is 1. The number of aromatic nitrogens is 3. The maximum atomic E-state index is 12.2. The number of nitrogens with zero attached hydrogens (tertiary/aromatic N) is 4. The third-order valence-corrected chi connectivity index (χ3v) is 4.84. The van der Waals surface area contributed by atoms with Crippen LogP contribution in [0.1, 0.15) is 19.8 Å². The second-order valence-electron chi connectivity index (χ2n) is 6.69. The van der Waals surface area contributed by atoms with Gasteiger partial charge in [-0.15, -0.1) is 0 Å². The molecule has 8 heteroatoms. The van der Waals surface area contributed by atoms with E-state index >= 15 is 0 Å². The molecule has 1 aliphatic heterocycles. The second kappa shape index (κ2) is 8.45. The molecule has 1 aromatic carbocycles. The summed E-state index contributed by atoms with van der Waals surface area (Å²) in [5.41, 5.74) is 2.35. The molecule has 1 aliphatic rings. The molecule has 3 aromatic rings. The first-order valence-electron chi connectivity index (χ1n) is 9.42. The molecule has 1 fully saturated rings. The van der Waals surface area contributed by atoms with Crippen LogP contribution in [0.2, 0.25) is 5.02 Å². The largest absolute Gasteiger partial charge is 0.447 e. The number of hydrogen-bond acceptors (Lipinski definition) is 6. The lowest BCUT2D eigenvalue weighted by Crippen LogP contribution is -2.33. The van der Waals surface area contributed by atoms with Crippen LogP contribution in [0.3, 0.4) is 0 Å². The monoisotopic (exact) mass is 409 g/mol. The van der Waals surface area contributed by atoms with Crippen molar-refractivity contribution in [2.45, 2.75) is 25.8 Å². The molecule has 0 radical (unpaired) electrons. The van der Waals surface area contributed by atoms with Gasteiger partial charge in [-0.1, -0.05) is 31.0 Å². The Morgan fingerprint density at radius 3 is 2.90 bits per heavy atom. The molecule has 3 heterocycles. The number of nitrogens with one attached hydrogen (secondary N) is 1. The molecule has 2 aromatic heterocycles. The summed E-state index contributed by atoms with van der Waals surface area (Å²) >= 11 is 6.03. The predicted octanol–water partition coefficient (Wildman–Crippen LogP) is 5.06. The lowest BCUT2D eigenvalue weighted by Gasteiger charge is -2.20. The van der Waals surface area contributed by atoms with Crippen LogP contribution < -0.4 is 10.2 Å². The number of hydrogen-bond donors (Lipinski definition) is 1. The second-order valence-corrected chi connectivity index (χ2v) is 7.13. The van der Waals surface area contributed by atoms with Crippen molar-refractivity contribution in [3.8, 4) is 11.3 Å². The average molecular weight is 410 g/mol. The van der Waals surface area contributed by atoms with E-state index in [1.165, 1.54) is 0 Å². The van der Waals surface area contributed by atoms with Crippen LogP contribution in [0.5, 0.6) is 0 Å². The number of carbonyl (C=O) groups excluding carboxylic acids is 1. The van der Waals surface area contributed by atoms with Gasteiger partial charge in [0, 0.05) is 28.7 Å². The normalized spacial score (nSPS) is 16.0. The molecule has 1 atom stereocenters. The van der Waals surface area contributed by atoms with Crippen LogP contribution in [-0.4, -0.2) is 33.7 Å². The van der Waals surface area contributed by atoms with Gasteiger partial charge in [0.25, 0.3) is 0 Å². The van der Waals surface area contributed by atoms with Gasteiger partial charge in [-0.25, -0.2) is 19.7 Å². The summed E-state index contributed by atoms with van der Waals surface area (Å²) in [7, 11) is 0. The Bertz CT molecular complexity index is 1030. The zero-order valence-electron chi connectivity index (χ0n) is 15.9. The summed E-state index contributed by atoms with van der Waals surface area (Å²) in [4.78, 5) is 27.1. The molecule has 1 saturated heterocycles. The Kier molecular flexibility index (Phi) is 5.57. The highest BCUT2D eigenvalue weighted by atomic mass is 35.5. The molecule has 1 N–H and O–H groups in total. The van der Waals surface area contributed by atoms with E-state index in [1.54, 1.807) is 29.4 Å². The van der Waals surface area contributed by atoms with E-state index in [4.69, 9.17) is 16.3 Å². The minimum atomic E-state index is -0.362. The summed E-state index contributed by atoms with van der Waals surface area (Å²) in [6.45, 7) is 2.47. The summed E-state index contributed by atoms with van der Waals surface area (Å²) in [5, 5.41) is 3.78. The summed E-state index contributed by atoms with van der Waals surface area (Å²) in [6.07, 6.45) is 4.81. The number of benzene rings is 1. The fraction of sp³-hybridized carbons (Fsp3) is 0.238. The SMILES string of the molecule is CCCC1COC(=O)N1c1cc(-c2ccnc(Nc3cccc(Cl)c3)n2)ccn1. The van der Waals surface area contributed by atoms with Crippen molar-refractivity contribution in [3.05, 3.63) is 59.9 Å². The van der Waals surface area contributed by atoms with Crippen molar-refractivity contribution in [2.75, 3.05) is 16.8 Å². The number of amides is 1. The number of carbonyl (C=O) groups is 1. The van der Waals surface area contributed by atoms with E-state index in [0.29, 0.717) is 29.1 Å². The minimum Gasteiger partial charge on any atom is -0.447 e. The fourth-order valence-corrected chi connectivity index (χ4v) is 3.46. The van der Waals surface area contributed by atoms with Crippen LogP contribution in [-0.2, 0) is 4.74 Å². The van der Waals surface area contributed by atoms with Crippen LogP contribution >= 0.6 is 11.6 Å². The van der Waals surface area contributed by atoms with Crippen molar-refractivity contribution in [1.82, 2.24) is 15.0 Å². The minimum absolute atomic E-state index is 0.000654. The highest BCUT2D eigenvalue weighted by Crippen LogP contribution is 2.28. The van der Waals surface area contributed by atoms with Crippen LogP contribution in [0.25, 0.3) is 11.3 Å². The molecular formula is C21H20ClN5O2. The van der Waals surface area contributed by atoms with Crippen LogP contribution in [0.15, 0.2) is 54.9 Å². The molecule has 7 nitrogen and oxygen atoms in total. The van der Waals surface area contributed by atoms with Crippen molar-refractivity contribution in [1.29, 1.82) is 0 Å². The molecule has 0 spiro atoms. The quantitative estimate of drug-likeness (QED) is 0.612. The Balaban J connectivity index is 1.61. The van der Waals surface area contributed by atoms with Gasteiger partial charge in [0.2, 0.25) is 5.95 Å². The van der Waals surface area contributed by atoms with Crippen molar-refractivity contribution in [3.63, 3.8) is 0 Å². The van der Waals surface area contributed by atoms with Crippen LogP contribution in [0, 0.1) is 0 Å². The smallest absolute Gasteiger partial charge is 0.415 e. The van der Waals surface area contributed by atoms with Gasteiger partial charge in [-0.2, -0.15) is 0 Å². The van der Waals surface area contributed by atoms with E-state index in [0.717, 1.165) is 24.1 Å².